The summed E-state index contributed by atoms with van der Waals surface area (Å²) < 4.78 is 40.4. The molecule has 26 heavy (non-hydrogen) atoms. The minimum atomic E-state index is -3.90. The minimum Gasteiger partial charge on any atom is -0.298 e. The highest BCUT2D eigenvalue weighted by Gasteiger charge is 2.17. The molecular weight excluding hydrogens is 377 g/mol. The number of nitrogens with zero attached hydrogens (tertiary/aromatic N) is 1. The lowest BCUT2D eigenvalue weighted by Gasteiger charge is -2.12. The normalized spacial score (nSPS) is 11.2. The standard InChI is InChI=1S/C17H14FN3O3S2/c1-11-2-3-12(16(22)20-17-19-8-9-25-17)10-15(11)21-26(23,24)14-6-4-13(18)5-7-14/h2-10,21H,1H3,(H,19,20,22). The Kier molecular flexibility index (Phi) is 5.01. The van der Waals surface area contributed by atoms with Crippen molar-refractivity contribution in [2.75, 3.05) is 10.0 Å². The van der Waals surface area contributed by atoms with Crippen molar-refractivity contribution in [3.63, 3.8) is 0 Å². The second-order valence-corrected chi connectivity index (χ2v) is 7.96. The lowest BCUT2D eigenvalue weighted by atomic mass is 10.1. The molecule has 6 nitrogen and oxygen atoms in total. The van der Waals surface area contributed by atoms with Gasteiger partial charge in [0.2, 0.25) is 0 Å². The number of carbonyl (C=O) groups is 1. The molecule has 0 fully saturated rings. The van der Waals surface area contributed by atoms with Crippen molar-refractivity contribution in [3.8, 4) is 0 Å². The summed E-state index contributed by atoms with van der Waals surface area (Å²) in [5, 5.41) is 4.81. The molecule has 1 amide bonds. The number of benzene rings is 2. The van der Waals surface area contributed by atoms with Crippen LogP contribution in [0.15, 0.2) is 58.9 Å². The van der Waals surface area contributed by atoms with Crippen LogP contribution in [0.1, 0.15) is 15.9 Å². The molecule has 0 saturated heterocycles. The Labute approximate surface area is 153 Å². The molecule has 0 radical (unpaired) electrons. The number of aromatic nitrogens is 1. The van der Waals surface area contributed by atoms with Gasteiger partial charge in [0, 0.05) is 17.1 Å². The van der Waals surface area contributed by atoms with Crippen molar-refractivity contribution in [3.05, 3.63) is 71.0 Å². The molecular formula is C17H14FN3O3S2. The first-order valence-corrected chi connectivity index (χ1v) is 9.81. The van der Waals surface area contributed by atoms with E-state index in [1.165, 1.54) is 29.5 Å². The summed E-state index contributed by atoms with van der Waals surface area (Å²) in [5.74, 6) is -0.928. The molecule has 0 aliphatic carbocycles. The summed E-state index contributed by atoms with van der Waals surface area (Å²) >= 11 is 1.28. The van der Waals surface area contributed by atoms with E-state index in [0.717, 1.165) is 12.1 Å². The van der Waals surface area contributed by atoms with E-state index in [1.807, 2.05) is 0 Å². The van der Waals surface area contributed by atoms with Gasteiger partial charge in [0.15, 0.2) is 5.13 Å². The molecule has 0 unspecified atom stereocenters. The number of carbonyl (C=O) groups excluding carboxylic acids is 1. The summed E-state index contributed by atoms with van der Waals surface area (Å²) in [4.78, 5) is 16.2. The molecule has 2 N–H and O–H groups in total. The van der Waals surface area contributed by atoms with Crippen molar-refractivity contribution < 1.29 is 17.6 Å². The molecule has 3 rings (SSSR count). The third kappa shape index (κ3) is 4.06. The van der Waals surface area contributed by atoms with Gasteiger partial charge in [-0.05, 0) is 48.9 Å². The molecule has 3 aromatic rings. The Hall–Kier alpha value is -2.78. The van der Waals surface area contributed by atoms with E-state index in [-0.39, 0.29) is 16.1 Å². The fourth-order valence-electron chi connectivity index (χ4n) is 2.15. The summed E-state index contributed by atoms with van der Waals surface area (Å²) in [5.41, 5.74) is 1.19. The van der Waals surface area contributed by atoms with Crippen molar-refractivity contribution in [2.24, 2.45) is 0 Å². The monoisotopic (exact) mass is 391 g/mol. The first-order valence-electron chi connectivity index (χ1n) is 7.45. The van der Waals surface area contributed by atoms with Crippen LogP contribution in [-0.2, 0) is 10.0 Å². The SMILES string of the molecule is Cc1ccc(C(=O)Nc2nccs2)cc1NS(=O)(=O)c1ccc(F)cc1. The lowest BCUT2D eigenvalue weighted by molar-refractivity contribution is 0.102. The molecule has 0 bridgehead atoms. The average Bonchev–Trinajstić information content (AvgIpc) is 3.10. The fourth-order valence-corrected chi connectivity index (χ4v) is 3.79. The Balaban J connectivity index is 1.85. The maximum atomic E-state index is 13.0. The van der Waals surface area contributed by atoms with Gasteiger partial charge in [-0.25, -0.2) is 17.8 Å². The number of amides is 1. The van der Waals surface area contributed by atoms with E-state index in [0.29, 0.717) is 10.7 Å². The van der Waals surface area contributed by atoms with Crippen LogP contribution >= 0.6 is 11.3 Å². The quantitative estimate of drug-likeness (QED) is 0.695. The zero-order valence-electron chi connectivity index (χ0n) is 13.6. The highest BCUT2D eigenvalue weighted by molar-refractivity contribution is 7.92. The number of hydrogen-bond acceptors (Lipinski definition) is 5. The van der Waals surface area contributed by atoms with Crippen molar-refractivity contribution >= 4 is 38.1 Å². The van der Waals surface area contributed by atoms with Gasteiger partial charge >= 0.3 is 0 Å². The van der Waals surface area contributed by atoms with Crippen LogP contribution in [0.3, 0.4) is 0 Å². The fraction of sp³-hybridized carbons (Fsp3) is 0.0588. The van der Waals surface area contributed by atoms with Crippen LogP contribution in [0.25, 0.3) is 0 Å². The van der Waals surface area contributed by atoms with Crippen LogP contribution < -0.4 is 10.0 Å². The highest BCUT2D eigenvalue weighted by atomic mass is 32.2. The van der Waals surface area contributed by atoms with E-state index in [1.54, 1.807) is 30.6 Å². The predicted octanol–water partition coefficient (Wildman–Crippen LogP) is 3.64. The topological polar surface area (TPSA) is 88.2 Å². The van der Waals surface area contributed by atoms with Gasteiger partial charge in [-0.3, -0.25) is 14.8 Å². The predicted molar refractivity (Wildman–Crippen MR) is 98.5 cm³/mol. The van der Waals surface area contributed by atoms with Gasteiger partial charge in [-0.15, -0.1) is 11.3 Å². The molecule has 0 aliphatic rings. The smallest absolute Gasteiger partial charge is 0.261 e. The number of sulfonamides is 1. The zero-order valence-corrected chi connectivity index (χ0v) is 15.2. The number of rotatable bonds is 5. The number of nitrogens with one attached hydrogen (secondary N) is 2. The van der Waals surface area contributed by atoms with E-state index >= 15 is 0 Å². The average molecular weight is 391 g/mol. The van der Waals surface area contributed by atoms with E-state index in [2.05, 4.69) is 15.0 Å². The van der Waals surface area contributed by atoms with E-state index < -0.39 is 21.7 Å². The zero-order chi connectivity index (χ0) is 18.7. The Morgan fingerprint density at radius 1 is 1.15 bits per heavy atom. The van der Waals surface area contributed by atoms with E-state index in [4.69, 9.17) is 0 Å². The van der Waals surface area contributed by atoms with Gasteiger partial charge in [0.05, 0.1) is 10.6 Å². The third-order valence-electron chi connectivity index (χ3n) is 3.52. The second kappa shape index (κ2) is 7.22. The number of aryl methyl sites for hydroxylation is 1. The molecule has 134 valence electrons. The highest BCUT2D eigenvalue weighted by Crippen LogP contribution is 2.22. The maximum absolute atomic E-state index is 13.0. The van der Waals surface area contributed by atoms with E-state index in [9.17, 15) is 17.6 Å². The summed E-state index contributed by atoms with van der Waals surface area (Å²) in [7, 11) is -3.90. The Morgan fingerprint density at radius 3 is 2.54 bits per heavy atom. The van der Waals surface area contributed by atoms with Gasteiger partial charge < -0.3 is 0 Å². The second-order valence-electron chi connectivity index (χ2n) is 5.38. The largest absolute Gasteiger partial charge is 0.298 e. The summed E-state index contributed by atoms with van der Waals surface area (Å²) in [6.45, 7) is 1.71. The number of anilines is 2. The number of thiazole rings is 1. The first-order chi connectivity index (χ1) is 12.3. The van der Waals surface area contributed by atoms with Crippen LogP contribution in [-0.4, -0.2) is 19.3 Å². The molecule has 0 atom stereocenters. The molecule has 1 aromatic heterocycles. The van der Waals surface area contributed by atoms with Gasteiger partial charge in [0.1, 0.15) is 5.82 Å². The molecule has 0 aliphatic heterocycles. The van der Waals surface area contributed by atoms with Gasteiger partial charge in [0.25, 0.3) is 15.9 Å². The van der Waals surface area contributed by atoms with Crippen LogP contribution in [0, 0.1) is 12.7 Å². The summed E-state index contributed by atoms with van der Waals surface area (Å²) in [6, 6.07) is 9.16. The third-order valence-corrected chi connectivity index (χ3v) is 5.59. The Bertz CT molecular complexity index is 1030. The van der Waals surface area contributed by atoms with Crippen molar-refractivity contribution in [1.82, 2.24) is 4.98 Å². The number of hydrogen-bond donors (Lipinski definition) is 2. The molecule has 0 saturated carbocycles. The van der Waals surface area contributed by atoms with Crippen LogP contribution in [0.4, 0.5) is 15.2 Å². The van der Waals surface area contributed by atoms with Crippen LogP contribution in [0.2, 0.25) is 0 Å². The molecule has 0 spiro atoms. The van der Waals surface area contributed by atoms with Crippen LogP contribution in [0.5, 0.6) is 0 Å². The van der Waals surface area contributed by atoms with Crippen molar-refractivity contribution in [1.29, 1.82) is 0 Å². The lowest BCUT2D eigenvalue weighted by Crippen LogP contribution is -2.16. The Morgan fingerprint density at radius 2 is 1.88 bits per heavy atom. The summed E-state index contributed by atoms with van der Waals surface area (Å²) in [6.07, 6.45) is 1.57. The maximum Gasteiger partial charge on any atom is 0.261 e. The first kappa shape index (κ1) is 18.0. The minimum absolute atomic E-state index is 0.0732. The van der Waals surface area contributed by atoms with Gasteiger partial charge in [-0.1, -0.05) is 6.07 Å². The molecule has 2 aromatic carbocycles. The molecule has 1 heterocycles. The number of halogens is 1. The van der Waals surface area contributed by atoms with Crippen molar-refractivity contribution in [2.45, 2.75) is 11.8 Å². The van der Waals surface area contributed by atoms with Gasteiger partial charge in [-0.2, -0.15) is 0 Å². The molecule has 9 heteroatoms.